The fourth-order valence-electron chi connectivity index (χ4n) is 1.60. The second kappa shape index (κ2) is 6.52. The second-order valence-electron chi connectivity index (χ2n) is 4.54. The maximum absolute atomic E-state index is 11.9. The van der Waals surface area contributed by atoms with Crippen molar-refractivity contribution in [3.05, 3.63) is 28.0 Å². The van der Waals surface area contributed by atoms with Gasteiger partial charge in [0.2, 0.25) is 0 Å². The summed E-state index contributed by atoms with van der Waals surface area (Å²) < 4.78 is 4.92. The van der Waals surface area contributed by atoms with Crippen molar-refractivity contribution in [1.29, 1.82) is 0 Å². The SMILES string of the molecule is Cc1cc(C)c(C(=O)OCC(=O)NC(C)C)c(Cl)n1. The summed E-state index contributed by atoms with van der Waals surface area (Å²) in [5.41, 5.74) is 1.59. The number of nitrogens with zero attached hydrogens (tertiary/aromatic N) is 1. The molecule has 19 heavy (non-hydrogen) atoms. The zero-order chi connectivity index (χ0) is 14.6. The van der Waals surface area contributed by atoms with Gasteiger partial charge in [0, 0.05) is 11.7 Å². The van der Waals surface area contributed by atoms with E-state index in [-0.39, 0.29) is 29.3 Å². The maximum atomic E-state index is 11.9. The largest absolute Gasteiger partial charge is 0.452 e. The van der Waals surface area contributed by atoms with Crippen LogP contribution in [0.15, 0.2) is 6.07 Å². The van der Waals surface area contributed by atoms with Crippen molar-refractivity contribution >= 4 is 23.5 Å². The van der Waals surface area contributed by atoms with Gasteiger partial charge in [0.25, 0.3) is 5.91 Å². The number of aryl methyl sites for hydroxylation is 2. The first kappa shape index (κ1) is 15.4. The number of ether oxygens (including phenoxy) is 1. The van der Waals surface area contributed by atoms with Crippen LogP contribution in [-0.2, 0) is 9.53 Å². The van der Waals surface area contributed by atoms with Crippen molar-refractivity contribution < 1.29 is 14.3 Å². The highest BCUT2D eigenvalue weighted by Gasteiger charge is 2.18. The van der Waals surface area contributed by atoms with Crippen molar-refractivity contribution in [1.82, 2.24) is 10.3 Å². The summed E-state index contributed by atoms with van der Waals surface area (Å²) in [5, 5.41) is 2.71. The minimum absolute atomic E-state index is 0.00225. The highest BCUT2D eigenvalue weighted by Crippen LogP contribution is 2.19. The van der Waals surface area contributed by atoms with Crippen molar-refractivity contribution in [2.75, 3.05) is 6.61 Å². The molecule has 1 rings (SSSR count). The molecule has 0 aliphatic carbocycles. The molecule has 6 heteroatoms. The molecular weight excluding hydrogens is 268 g/mol. The molecule has 1 aromatic rings. The topological polar surface area (TPSA) is 68.3 Å². The number of halogens is 1. The molecule has 104 valence electrons. The lowest BCUT2D eigenvalue weighted by Crippen LogP contribution is -2.34. The Morgan fingerprint density at radius 1 is 1.42 bits per heavy atom. The lowest BCUT2D eigenvalue weighted by Gasteiger charge is -2.11. The molecule has 0 aromatic carbocycles. The Bertz CT molecular complexity index is 478. The highest BCUT2D eigenvalue weighted by molar-refractivity contribution is 6.32. The first-order valence-corrected chi connectivity index (χ1v) is 6.29. The normalized spacial score (nSPS) is 10.4. The molecule has 1 heterocycles. The monoisotopic (exact) mass is 284 g/mol. The fourth-order valence-corrected chi connectivity index (χ4v) is 1.96. The summed E-state index contributed by atoms with van der Waals surface area (Å²) >= 11 is 5.92. The third-order valence-electron chi connectivity index (χ3n) is 2.29. The molecular formula is C13H17ClN2O3. The Labute approximate surface area is 117 Å². The lowest BCUT2D eigenvalue weighted by molar-refractivity contribution is -0.124. The highest BCUT2D eigenvalue weighted by atomic mass is 35.5. The summed E-state index contributed by atoms with van der Waals surface area (Å²) in [6.07, 6.45) is 0. The van der Waals surface area contributed by atoms with Gasteiger partial charge in [-0.05, 0) is 39.3 Å². The number of pyridine rings is 1. The van der Waals surface area contributed by atoms with Crippen LogP contribution in [0.25, 0.3) is 0 Å². The van der Waals surface area contributed by atoms with Crippen LogP contribution >= 0.6 is 11.6 Å². The van der Waals surface area contributed by atoms with E-state index in [1.165, 1.54) is 0 Å². The lowest BCUT2D eigenvalue weighted by atomic mass is 10.1. The minimum Gasteiger partial charge on any atom is -0.452 e. The maximum Gasteiger partial charge on any atom is 0.342 e. The smallest absolute Gasteiger partial charge is 0.342 e. The van der Waals surface area contributed by atoms with E-state index >= 15 is 0 Å². The van der Waals surface area contributed by atoms with E-state index in [1.807, 2.05) is 13.8 Å². The van der Waals surface area contributed by atoms with Gasteiger partial charge in [-0.25, -0.2) is 9.78 Å². The Morgan fingerprint density at radius 2 is 2.05 bits per heavy atom. The molecule has 0 fully saturated rings. The Balaban J connectivity index is 2.72. The van der Waals surface area contributed by atoms with E-state index in [0.29, 0.717) is 5.56 Å². The van der Waals surface area contributed by atoms with E-state index in [4.69, 9.17) is 16.3 Å². The third kappa shape index (κ3) is 4.52. The van der Waals surface area contributed by atoms with E-state index in [9.17, 15) is 9.59 Å². The molecule has 1 N–H and O–H groups in total. The molecule has 0 aliphatic rings. The van der Waals surface area contributed by atoms with Gasteiger partial charge in [-0.2, -0.15) is 0 Å². The third-order valence-corrected chi connectivity index (χ3v) is 2.56. The summed E-state index contributed by atoms with van der Waals surface area (Å²) in [5.74, 6) is -0.994. The molecule has 5 nitrogen and oxygen atoms in total. The first-order chi connectivity index (χ1) is 8.81. The Hall–Kier alpha value is -1.62. The number of rotatable bonds is 4. The molecule has 0 saturated heterocycles. The predicted molar refractivity (Wildman–Crippen MR) is 72.3 cm³/mol. The number of nitrogens with one attached hydrogen (secondary N) is 1. The second-order valence-corrected chi connectivity index (χ2v) is 4.90. The van der Waals surface area contributed by atoms with E-state index in [1.54, 1.807) is 19.9 Å². The summed E-state index contributed by atoms with van der Waals surface area (Å²) in [7, 11) is 0. The average molecular weight is 285 g/mol. The van der Waals surface area contributed by atoms with Crippen molar-refractivity contribution in [3.8, 4) is 0 Å². The number of carbonyl (C=O) groups excluding carboxylic acids is 2. The van der Waals surface area contributed by atoms with Gasteiger partial charge >= 0.3 is 5.97 Å². The molecule has 0 aliphatic heterocycles. The number of hydrogen-bond donors (Lipinski definition) is 1. The van der Waals surface area contributed by atoms with Crippen molar-refractivity contribution in [2.24, 2.45) is 0 Å². The molecule has 0 spiro atoms. The van der Waals surface area contributed by atoms with Crippen LogP contribution in [-0.4, -0.2) is 29.5 Å². The zero-order valence-electron chi connectivity index (χ0n) is 11.4. The van der Waals surface area contributed by atoms with Gasteiger partial charge in [-0.1, -0.05) is 11.6 Å². The summed E-state index contributed by atoms with van der Waals surface area (Å²) in [4.78, 5) is 27.2. The van der Waals surface area contributed by atoms with Crippen LogP contribution in [0.3, 0.4) is 0 Å². The van der Waals surface area contributed by atoms with Crippen molar-refractivity contribution in [2.45, 2.75) is 33.7 Å². The fraction of sp³-hybridized carbons (Fsp3) is 0.462. The number of hydrogen-bond acceptors (Lipinski definition) is 4. The molecule has 1 aromatic heterocycles. The number of carbonyl (C=O) groups is 2. The minimum atomic E-state index is -0.645. The van der Waals surface area contributed by atoms with Crippen molar-refractivity contribution in [3.63, 3.8) is 0 Å². The van der Waals surface area contributed by atoms with Gasteiger partial charge in [0.1, 0.15) is 5.15 Å². The van der Waals surface area contributed by atoms with Crippen LogP contribution in [0.2, 0.25) is 5.15 Å². The van der Waals surface area contributed by atoms with Crippen LogP contribution in [0.4, 0.5) is 0 Å². The quantitative estimate of drug-likeness (QED) is 0.678. The van der Waals surface area contributed by atoms with E-state index < -0.39 is 5.97 Å². The zero-order valence-corrected chi connectivity index (χ0v) is 12.2. The number of amides is 1. The Kier molecular flexibility index (Phi) is 5.30. The van der Waals surface area contributed by atoms with Gasteiger partial charge in [0.05, 0.1) is 5.56 Å². The van der Waals surface area contributed by atoms with E-state index in [0.717, 1.165) is 5.69 Å². The molecule has 0 saturated carbocycles. The van der Waals surface area contributed by atoms with E-state index in [2.05, 4.69) is 10.3 Å². The van der Waals surface area contributed by atoms with Crippen LogP contribution < -0.4 is 5.32 Å². The van der Waals surface area contributed by atoms with Gasteiger partial charge in [-0.15, -0.1) is 0 Å². The average Bonchev–Trinajstić information content (AvgIpc) is 2.23. The number of esters is 1. The molecule has 0 unspecified atom stereocenters. The molecule has 0 atom stereocenters. The molecule has 0 radical (unpaired) electrons. The Morgan fingerprint density at radius 3 is 2.58 bits per heavy atom. The predicted octanol–water partition coefficient (Wildman–Crippen LogP) is 2.03. The van der Waals surface area contributed by atoms with Crippen LogP contribution in [0.1, 0.15) is 35.5 Å². The number of aromatic nitrogens is 1. The standard InChI is InChI=1S/C13H17ClN2O3/c1-7(2)15-10(17)6-19-13(18)11-8(3)5-9(4)16-12(11)14/h5,7H,6H2,1-4H3,(H,15,17). The van der Waals surface area contributed by atoms with Gasteiger partial charge < -0.3 is 10.1 Å². The molecule has 0 bridgehead atoms. The van der Waals surface area contributed by atoms with Crippen LogP contribution in [0.5, 0.6) is 0 Å². The summed E-state index contributed by atoms with van der Waals surface area (Å²) in [6, 6.07) is 1.73. The van der Waals surface area contributed by atoms with Crippen LogP contribution in [0, 0.1) is 13.8 Å². The molecule has 1 amide bonds. The first-order valence-electron chi connectivity index (χ1n) is 5.91. The van der Waals surface area contributed by atoms with Gasteiger partial charge in [0.15, 0.2) is 6.61 Å². The van der Waals surface area contributed by atoms with Gasteiger partial charge in [-0.3, -0.25) is 4.79 Å². The summed E-state index contributed by atoms with van der Waals surface area (Å²) in [6.45, 7) is 6.84.